The van der Waals surface area contributed by atoms with Crippen LogP contribution in [0.5, 0.6) is 5.88 Å². The predicted molar refractivity (Wildman–Crippen MR) is 112 cm³/mol. The van der Waals surface area contributed by atoms with Crippen LogP contribution in [0.25, 0.3) is 11.3 Å². The number of nitrogen functional groups attached to an aromatic ring is 1. The molecule has 0 aromatic carbocycles. The lowest BCUT2D eigenvalue weighted by Crippen LogP contribution is -2.29. The number of nitro groups is 1. The summed E-state index contributed by atoms with van der Waals surface area (Å²) in [6, 6.07) is 3.15. The average Bonchev–Trinajstić information content (AvgIpc) is 2.67. The first-order chi connectivity index (χ1) is 14.2. The Labute approximate surface area is 174 Å². The standard InChI is InChI=1S/C18H24N6O5S/c1-29-17-13(4-3-9-20-17)14-15(24(25)26)16(23-18(19)22-14)21-12-7-5-11(6-8-12)10-30(2,27)28/h3-4,9,11-12H,5-8,10H2,1-2H3,(H3,19,21,22,23). The van der Waals surface area contributed by atoms with Gasteiger partial charge in [-0.15, -0.1) is 0 Å². The Hall–Kier alpha value is -3.02. The fraction of sp³-hybridized carbons (Fsp3) is 0.500. The van der Waals surface area contributed by atoms with E-state index in [4.69, 9.17) is 10.5 Å². The van der Waals surface area contributed by atoms with Crippen LogP contribution < -0.4 is 15.8 Å². The van der Waals surface area contributed by atoms with Crippen molar-refractivity contribution in [1.29, 1.82) is 0 Å². The van der Waals surface area contributed by atoms with Crippen LogP contribution in [0.3, 0.4) is 0 Å². The minimum atomic E-state index is -3.03. The van der Waals surface area contributed by atoms with E-state index in [9.17, 15) is 18.5 Å². The number of nitrogens with one attached hydrogen (secondary N) is 1. The van der Waals surface area contributed by atoms with Gasteiger partial charge in [0.2, 0.25) is 17.6 Å². The van der Waals surface area contributed by atoms with Crippen molar-refractivity contribution in [3.8, 4) is 17.1 Å². The van der Waals surface area contributed by atoms with Crippen molar-refractivity contribution >= 4 is 27.3 Å². The highest BCUT2D eigenvalue weighted by Crippen LogP contribution is 2.39. The fourth-order valence-corrected chi connectivity index (χ4v) is 4.95. The molecule has 2 aromatic heterocycles. The lowest BCUT2D eigenvalue weighted by Gasteiger charge is -2.29. The summed E-state index contributed by atoms with van der Waals surface area (Å²) in [7, 11) is -1.62. The van der Waals surface area contributed by atoms with Crippen LogP contribution in [-0.2, 0) is 9.84 Å². The summed E-state index contributed by atoms with van der Waals surface area (Å²) >= 11 is 0. The van der Waals surface area contributed by atoms with Gasteiger partial charge in [-0.2, -0.15) is 4.98 Å². The highest BCUT2D eigenvalue weighted by atomic mass is 32.2. The minimum absolute atomic E-state index is 0.0192. The lowest BCUT2D eigenvalue weighted by molar-refractivity contribution is -0.383. The van der Waals surface area contributed by atoms with Crippen LogP contribution in [0.4, 0.5) is 17.5 Å². The number of hydrogen-bond donors (Lipinski definition) is 2. The largest absolute Gasteiger partial charge is 0.481 e. The Morgan fingerprint density at radius 2 is 2.00 bits per heavy atom. The third-order valence-electron chi connectivity index (χ3n) is 5.03. The first kappa shape index (κ1) is 21.7. The third-order valence-corrected chi connectivity index (χ3v) is 6.11. The molecule has 3 rings (SSSR count). The number of sulfone groups is 1. The second kappa shape index (κ2) is 8.78. The van der Waals surface area contributed by atoms with Gasteiger partial charge in [0.1, 0.15) is 9.84 Å². The first-order valence-corrected chi connectivity index (χ1v) is 11.5. The van der Waals surface area contributed by atoms with Crippen LogP contribution in [0.15, 0.2) is 18.3 Å². The molecule has 12 heteroatoms. The smallest absolute Gasteiger partial charge is 0.337 e. The molecule has 162 valence electrons. The van der Waals surface area contributed by atoms with Crippen LogP contribution in [-0.4, -0.2) is 53.5 Å². The van der Waals surface area contributed by atoms with E-state index in [0.29, 0.717) is 31.2 Å². The maximum Gasteiger partial charge on any atom is 0.337 e. The van der Waals surface area contributed by atoms with Crippen molar-refractivity contribution < 1.29 is 18.1 Å². The molecule has 0 radical (unpaired) electrons. The number of hydrogen-bond acceptors (Lipinski definition) is 10. The molecule has 3 N–H and O–H groups in total. The third kappa shape index (κ3) is 5.12. The topological polar surface area (TPSA) is 163 Å². The SMILES string of the molecule is COc1ncccc1-c1nc(N)nc(NC2CCC(CS(C)(=O)=O)CC2)c1[N+](=O)[O-]. The number of ether oxygens (including phenoxy) is 1. The van der Waals surface area contributed by atoms with Crippen molar-refractivity contribution in [3.05, 3.63) is 28.4 Å². The maximum absolute atomic E-state index is 11.9. The van der Waals surface area contributed by atoms with E-state index in [1.54, 1.807) is 12.1 Å². The highest BCUT2D eigenvalue weighted by molar-refractivity contribution is 7.90. The number of nitrogens with zero attached hydrogens (tertiary/aromatic N) is 4. The van der Waals surface area contributed by atoms with Gasteiger partial charge in [0.25, 0.3) is 0 Å². The quantitative estimate of drug-likeness (QED) is 0.485. The van der Waals surface area contributed by atoms with Gasteiger partial charge >= 0.3 is 5.69 Å². The fourth-order valence-electron chi connectivity index (χ4n) is 3.76. The van der Waals surface area contributed by atoms with Gasteiger partial charge in [0.05, 0.1) is 23.3 Å². The van der Waals surface area contributed by atoms with E-state index >= 15 is 0 Å². The number of methoxy groups -OCH3 is 1. The average molecular weight is 436 g/mol. The normalized spacial score (nSPS) is 19.3. The van der Waals surface area contributed by atoms with Crippen LogP contribution in [0.2, 0.25) is 0 Å². The summed E-state index contributed by atoms with van der Waals surface area (Å²) in [6.45, 7) is 0. The van der Waals surface area contributed by atoms with Gasteiger partial charge in [-0.1, -0.05) is 0 Å². The van der Waals surface area contributed by atoms with Crippen molar-refractivity contribution in [2.45, 2.75) is 31.7 Å². The number of pyridine rings is 1. The van der Waals surface area contributed by atoms with Crippen LogP contribution in [0.1, 0.15) is 25.7 Å². The zero-order chi connectivity index (χ0) is 21.9. The van der Waals surface area contributed by atoms with Crippen LogP contribution in [0, 0.1) is 16.0 Å². The summed E-state index contributed by atoms with van der Waals surface area (Å²) in [6.07, 6.45) is 5.51. The molecule has 1 aliphatic carbocycles. The molecular weight excluding hydrogens is 412 g/mol. The van der Waals surface area contributed by atoms with Gasteiger partial charge in [0.15, 0.2) is 5.69 Å². The molecular formula is C18H24N6O5S. The van der Waals surface area contributed by atoms with E-state index in [1.165, 1.54) is 19.6 Å². The number of rotatable bonds is 7. The molecule has 1 fully saturated rings. The van der Waals surface area contributed by atoms with Gasteiger partial charge in [-0.3, -0.25) is 10.1 Å². The van der Waals surface area contributed by atoms with Gasteiger partial charge < -0.3 is 15.8 Å². The minimum Gasteiger partial charge on any atom is -0.481 e. The van der Waals surface area contributed by atoms with Crippen molar-refractivity contribution in [1.82, 2.24) is 15.0 Å². The molecule has 11 nitrogen and oxygen atoms in total. The second-order valence-electron chi connectivity index (χ2n) is 7.40. The lowest BCUT2D eigenvalue weighted by atomic mass is 9.87. The van der Waals surface area contributed by atoms with Crippen molar-refractivity contribution in [2.24, 2.45) is 5.92 Å². The Kier molecular flexibility index (Phi) is 6.34. The number of anilines is 2. The Morgan fingerprint density at radius 1 is 1.30 bits per heavy atom. The summed E-state index contributed by atoms with van der Waals surface area (Å²) in [5.41, 5.74) is 5.88. The van der Waals surface area contributed by atoms with E-state index in [-0.39, 0.29) is 46.7 Å². The molecule has 1 aliphatic rings. The number of nitrogens with two attached hydrogens (primary N) is 1. The predicted octanol–water partition coefficient (Wildman–Crippen LogP) is 2.05. The molecule has 0 bridgehead atoms. The molecule has 0 unspecified atom stereocenters. The molecule has 0 spiro atoms. The molecule has 2 aromatic rings. The zero-order valence-electron chi connectivity index (χ0n) is 16.7. The number of aromatic nitrogens is 3. The van der Waals surface area contributed by atoms with Gasteiger partial charge in [-0.05, 0) is 43.7 Å². The monoisotopic (exact) mass is 436 g/mol. The maximum atomic E-state index is 11.9. The Balaban J connectivity index is 1.89. The molecule has 0 amide bonds. The summed E-state index contributed by atoms with van der Waals surface area (Å²) in [5, 5.41) is 15.0. The summed E-state index contributed by atoms with van der Waals surface area (Å²) in [5.74, 6) is 0.352. The van der Waals surface area contributed by atoms with E-state index in [0.717, 1.165) is 0 Å². The molecule has 2 heterocycles. The van der Waals surface area contributed by atoms with E-state index in [2.05, 4.69) is 20.3 Å². The zero-order valence-corrected chi connectivity index (χ0v) is 17.6. The molecule has 30 heavy (non-hydrogen) atoms. The molecule has 0 saturated heterocycles. The van der Waals surface area contributed by atoms with Crippen molar-refractivity contribution in [2.75, 3.05) is 30.2 Å². The molecule has 0 aliphatic heterocycles. The first-order valence-electron chi connectivity index (χ1n) is 9.43. The molecule has 0 atom stereocenters. The highest BCUT2D eigenvalue weighted by Gasteiger charge is 2.30. The molecule has 1 saturated carbocycles. The summed E-state index contributed by atoms with van der Waals surface area (Å²) in [4.78, 5) is 23.6. The van der Waals surface area contributed by atoms with Gasteiger partial charge in [-0.25, -0.2) is 18.4 Å². The summed E-state index contributed by atoms with van der Waals surface area (Å²) < 4.78 is 28.2. The van der Waals surface area contributed by atoms with E-state index < -0.39 is 14.8 Å². The van der Waals surface area contributed by atoms with Gasteiger partial charge in [0, 0.05) is 18.5 Å². The van der Waals surface area contributed by atoms with E-state index in [1.807, 2.05) is 0 Å². The Bertz CT molecular complexity index is 1040. The van der Waals surface area contributed by atoms with Crippen molar-refractivity contribution in [3.63, 3.8) is 0 Å². The Morgan fingerprint density at radius 3 is 2.60 bits per heavy atom. The van der Waals surface area contributed by atoms with Crippen LogP contribution >= 0.6 is 0 Å². The second-order valence-corrected chi connectivity index (χ2v) is 9.58.